The lowest BCUT2D eigenvalue weighted by Gasteiger charge is -2.26. The van der Waals surface area contributed by atoms with E-state index >= 15 is 0 Å². The summed E-state index contributed by atoms with van der Waals surface area (Å²) in [6, 6.07) is 9.89. The predicted molar refractivity (Wildman–Crippen MR) is 107 cm³/mol. The van der Waals surface area contributed by atoms with Gasteiger partial charge in [0.1, 0.15) is 11.5 Å². The van der Waals surface area contributed by atoms with Crippen LogP contribution in [0.1, 0.15) is 21.5 Å². The van der Waals surface area contributed by atoms with Crippen LogP contribution in [-0.2, 0) is 11.3 Å². The second-order valence-corrected chi connectivity index (χ2v) is 7.15. The minimum absolute atomic E-state index is 0.0389. The highest BCUT2D eigenvalue weighted by Gasteiger charge is 2.48. The molecular weight excluding hydrogens is 424 g/mol. The van der Waals surface area contributed by atoms with E-state index in [0.717, 1.165) is 5.56 Å². The quantitative estimate of drug-likeness (QED) is 0.546. The number of ether oxygens (including phenoxy) is 2. The number of imide groups is 1. The van der Waals surface area contributed by atoms with Crippen molar-refractivity contribution < 1.29 is 32.6 Å². The van der Waals surface area contributed by atoms with Crippen molar-refractivity contribution in [1.82, 2.24) is 15.5 Å². The van der Waals surface area contributed by atoms with Crippen LogP contribution < -0.4 is 20.1 Å². The van der Waals surface area contributed by atoms with E-state index in [2.05, 4.69) is 27.2 Å². The molecule has 32 heavy (non-hydrogen) atoms. The molecule has 1 fully saturated rings. The van der Waals surface area contributed by atoms with Crippen molar-refractivity contribution in [2.75, 3.05) is 13.7 Å². The van der Waals surface area contributed by atoms with Crippen LogP contribution in [0.25, 0.3) is 0 Å². The van der Waals surface area contributed by atoms with Crippen LogP contribution in [0, 0.1) is 11.8 Å². The maximum absolute atomic E-state index is 12.9. The maximum atomic E-state index is 12.9. The van der Waals surface area contributed by atoms with E-state index in [1.165, 1.54) is 36.3 Å². The molecule has 0 radical (unpaired) electrons. The third kappa shape index (κ3) is 4.05. The molecule has 164 valence electrons. The summed E-state index contributed by atoms with van der Waals surface area (Å²) in [5.41, 5.74) is -0.0532. The van der Waals surface area contributed by atoms with E-state index in [1.807, 2.05) is 0 Å². The van der Waals surface area contributed by atoms with Gasteiger partial charge in [0, 0.05) is 17.7 Å². The molecule has 4 amide bonds. The molecule has 2 heterocycles. The number of rotatable bonds is 5. The predicted octanol–water partition coefficient (Wildman–Crippen LogP) is 1.88. The van der Waals surface area contributed by atoms with Crippen LogP contribution in [0.5, 0.6) is 11.5 Å². The number of urea groups is 1. The van der Waals surface area contributed by atoms with Gasteiger partial charge >= 0.3 is 12.6 Å². The lowest BCUT2D eigenvalue weighted by atomic mass is 9.99. The Balaban J connectivity index is 1.59. The third-order valence-corrected chi connectivity index (χ3v) is 5.07. The van der Waals surface area contributed by atoms with Crippen molar-refractivity contribution in [3.05, 3.63) is 59.2 Å². The first kappa shape index (κ1) is 21.1. The molecule has 2 aliphatic rings. The average Bonchev–Trinajstić information content (AvgIpc) is 3.22. The number of benzene rings is 2. The Morgan fingerprint density at radius 1 is 1.12 bits per heavy atom. The summed E-state index contributed by atoms with van der Waals surface area (Å²) in [5.74, 6) is 4.99. The summed E-state index contributed by atoms with van der Waals surface area (Å²) in [6.45, 7) is -2.89. The second kappa shape index (κ2) is 8.19. The zero-order valence-corrected chi connectivity index (χ0v) is 16.8. The van der Waals surface area contributed by atoms with E-state index in [9.17, 15) is 23.2 Å². The Kier molecular flexibility index (Phi) is 5.40. The van der Waals surface area contributed by atoms with Gasteiger partial charge < -0.3 is 19.7 Å². The van der Waals surface area contributed by atoms with Gasteiger partial charge in [-0.2, -0.15) is 8.78 Å². The molecule has 10 heteroatoms. The van der Waals surface area contributed by atoms with Gasteiger partial charge in [-0.1, -0.05) is 17.9 Å². The SMILES string of the molecule is COc1ccc2c(c1)C(=O)N(C[C@@]1(C#Cc3ccc(OC(F)F)cc3)NC(=O)NC1=O)C2. The van der Waals surface area contributed by atoms with Gasteiger partial charge in [0.2, 0.25) is 5.54 Å². The van der Waals surface area contributed by atoms with Crippen molar-refractivity contribution in [2.24, 2.45) is 0 Å². The van der Waals surface area contributed by atoms with E-state index in [-0.39, 0.29) is 24.7 Å². The summed E-state index contributed by atoms with van der Waals surface area (Å²) in [7, 11) is 1.49. The van der Waals surface area contributed by atoms with Gasteiger partial charge in [0.05, 0.1) is 13.7 Å². The van der Waals surface area contributed by atoms with Crippen molar-refractivity contribution >= 4 is 17.8 Å². The number of hydrogen-bond donors (Lipinski definition) is 2. The van der Waals surface area contributed by atoms with Crippen LogP contribution in [0.2, 0.25) is 0 Å². The lowest BCUT2D eigenvalue weighted by molar-refractivity contribution is -0.122. The van der Waals surface area contributed by atoms with Gasteiger partial charge in [0.25, 0.3) is 11.8 Å². The van der Waals surface area contributed by atoms with Gasteiger partial charge in [-0.05, 0) is 42.0 Å². The van der Waals surface area contributed by atoms with Crippen LogP contribution in [0.15, 0.2) is 42.5 Å². The first-order chi connectivity index (χ1) is 15.3. The molecule has 2 N–H and O–H groups in total. The first-order valence-electron chi connectivity index (χ1n) is 9.47. The molecule has 4 rings (SSSR count). The van der Waals surface area contributed by atoms with Crippen LogP contribution >= 0.6 is 0 Å². The molecule has 2 aromatic carbocycles. The number of fused-ring (bicyclic) bond motifs is 1. The smallest absolute Gasteiger partial charge is 0.387 e. The van der Waals surface area contributed by atoms with Crippen LogP contribution in [0.4, 0.5) is 13.6 Å². The highest BCUT2D eigenvalue weighted by molar-refractivity contribution is 6.10. The van der Waals surface area contributed by atoms with E-state index in [4.69, 9.17) is 4.74 Å². The molecule has 0 bridgehead atoms. The topological polar surface area (TPSA) is 97.0 Å². The van der Waals surface area contributed by atoms with Crippen LogP contribution in [0.3, 0.4) is 0 Å². The average molecular weight is 441 g/mol. The zero-order chi connectivity index (χ0) is 22.9. The number of halogens is 2. The highest BCUT2D eigenvalue weighted by Crippen LogP contribution is 2.28. The monoisotopic (exact) mass is 441 g/mol. The van der Waals surface area contributed by atoms with Gasteiger partial charge in [-0.25, -0.2) is 4.79 Å². The molecular formula is C22H17F2N3O5. The maximum Gasteiger partial charge on any atom is 0.387 e. The summed E-state index contributed by atoms with van der Waals surface area (Å²) < 4.78 is 34.0. The number of hydrogen-bond acceptors (Lipinski definition) is 5. The minimum atomic E-state index is -2.95. The molecule has 1 atom stereocenters. The van der Waals surface area contributed by atoms with Crippen molar-refractivity contribution in [2.45, 2.75) is 18.7 Å². The Morgan fingerprint density at radius 3 is 2.47 bits per heavy atom. The summed E-state index contributed by atoms with van der Waals surface area (Å²) in [6.07, 6.45) is 0. The normalized spacial score (nSPS) is 19.2. The van der Waals surface area contributed by atoms with Gasteiger partial charge in [-0.15, -0.1) is 0 Å². The molecule has 2 aliphatic heterocycles. The number of methoxy groups -OCH3 is 1. The summed E-state index contributed by atoms with van der Waals surface area (Å²) >= 11 is 0. The zero-order valence-electron chi connectivity index (χ0n) is 16.8. The Bertz CT molecular complexity index is 1160. The molecule has 8 nitrogen and oxygen atoms in total. The van der Waals surface area contributed by atoms with Gasteiger partial charge in [0.15, 0.2) is 0 Å². The number of carbonyl (C=O) groups excluding carboxylic acids is 3. The van der Waals surface area contributed by atoms with Crippen molar-refractivity contribution in [1.29, 1.82) is 0 Å². The molecule has 0 saturated carbocycles. The largest absolute Gasteiger partial charge is 0.497 e. The summed E-state index contributed by atoms with van der Waals surface area (Å²) in [4.78, 5) is 38.8. The highest BCUT2D eigenvalue weighted by atomic mass is 19.3. The number of nitrogens with zero attached hydrogens (tertiary/aromatic N) is 1. The second-order valence-electron chi connectivity index (χ2n) is 7.15. The van der Waals surface area contributed by atoms with Crippen molar-refractivity contribution in [3.8, 4) is 23.3 Å². The lowest BCUT2D eigenvalue weighted by Crippen LogP contribution is -2.54. The Hall–Kier alpha value is -4.13. The minimum Gasteiger partial charge on any atom is -0.497 e. The molecule has 0 aromatic heterocycles. The number of nitrogens with one attached hydrogen (secondary N) is 2. The Labute approximate surface area is 181 Å². The third-order valence-electron chi connectivity index (χ3n) is 5.07. The molecule has 0 aliphatic carbocycles. The number of amides is 4. The van der Waals surface area contributed by atoms with E-state index < -0.39 is 24.1 Å². The number of alkyl halides is 2. The first-order valence-corrected chi connectivity index (χ1v) is 9.47. The molecule has 2 aromatic rings. The number of carbonyl (C=O) groups is 3. The van der Waals surface area contributed by atoms with Crippen molar-refractivity contribution in [3.63, 3.8) is 0 Å². The summed E-state index contributed by atoms with van der Waals surface area (Å²) in [5, 5.41) is 4.66. The molecule has 1 saturated heterocycles. The van der Waals surface area contributed by atoms with E-state index in [0.29, 0.717) is 16.9 Å². The molecule has 0 spiro atoms. The standard InChI is InChI=1S/C22H17F2N3O5/c1-31-16-7-4-14-11-27(18(28)17(14)10-16)12-22(19(29)25-21(30)26-22)9-8-13-2-5-15(6-3-13)32-20(23)24/h2-7,10,20H,11-12H2,1H3,(H2,25,26,29,30)/t22-/m1/s1. The van der Waals surface area contributed by atoms with E-state index in [1.54, 1.807) is 18.2 Å². The molecule has 0 unspecified atom stereocenters. The fraction of sp³-hybridized carbons (Fsp3) is 0.227. The fourth-order valence-corrected chi connectivity index (χ4v) is 3.51. The van der Waals surface area contributed by atoms with Crippen LogP contribution in [-0.4, -0.2) is 48.6 Å². The fourth-order valence-electron chi connectivity index (χ4n) is 3.51. The van der Waals surface area contributed by atoms with Gasteiger partial charge in [-0.3, -0.25) is 14.9 Å². The Morgan fingerprint density at radius 2 is 1.84 bits per heavy atom.